The number of sulfonamides is 1. The van der Waals surface area contributed by atoms with Gasteiger partial charge in [-0.2, -0.15) is 0 Å². The second-order valence-electron chi connectivity index (χ2n) is 4.48. The Hall–Kier alpha value is -1.71. The van der Waals surface area contributed by atoms with Crippen molar-refractivity contribution in [2.75, 3.05) is 33.1 Å². The molecule has 0 spiro atoms. The summed E-state index contributed by atoms with van der Waals surface area (Å²) in [5.74, 6) is -0.741. The summed E-state index contributed by atoms with van der Waals surface area (Å²) in [7, 11) is 0.785. The molecule has 1 aromatic rings. The summed E-state index contributed by atoms with van der Waals surface area (Å²) in [5, 5.41) is 11.8. The van der Waals surface area contributed by atoms with Crippen LogP contribution in [0.5, 0.6) is 0 Å². The summed E-state index contributed by atoms with van der Waals surface area (Å²) >= 11 is 0. The van der Waals surface area contributed by atoms with Gasteiger partial charge in [0.15, 0.2) is 0 Å². The highest BCUT2D eigenvalue weighted by atomic mass is 32.2. The van der Waals surface area contributed by atoms with Gasteiger partial charge in [-0.1, -0.05) is 0 Å². The van der Waals surface area contributed by atoms with Gasteiger partial charge in [0, 0.05) is 40.4 Å². The SMILES string of the molecule is COCCC(Nc1ccc(S(=O)(=O)N(C)C)cn1)C(=O)O. The minimum Gasteiger partial charge on any atom is -0.480 e. The highest BCUT2D eigenvalue weighted by Crippen LogP contribution is 2.14. The Balaban J connectivity index is 2.85. The Kier molecular flexibility index (Phi) is 6.06. The highest BCUT2D eigenvalue weighted by Gasteiger charge is 2.19. The van der Waals surface area contributed by atoms with Crippen LogP contribution in [0.15, 0.2) is 23.2 Å². The molecule has 0 aliphatic carbocycles. The molecule has 1 unspecified atom stereocenters. The summed E-state index contributed by atoms with van der Waals surface area (Å²) in [5.41, 5.74) is 0. The molecule has 1 atom stereocenters. The van der Waals surface area contributed by atoms with Crippen molar-refractivity contribution in [1.82, 2.24) is 9.29 Å². The van der Waals surface area contributed by atoms with Crippen molar-refractivity contribution in [3.63, 3.8) is 0 Å². The number of carbonyl (C=O) groups is 1. The van der Waals surface area contributed by atoms with E-state index in [2.05, 4.69) is 10.3 Å². The number of nitrogens with zero attached hydrogens (tertiary/aromatic N) is 2. The maximum absolute atomic E-state index is 11.9. The zero-order valence-electron chi connectivity index (χ0n) is 12.1. The fraction of sp³-hybridized carbons (Fsp3) is 0.500. The Morgan fingerprint density at radius 3 is 2.57 bits per heavy atom. The van der Waals surface area contributed by atoms with Gasteiger partial charge in [0.25, 0.3) is 0 Å². The number of ether oxygens (including phenoxy) is 1. The fourth-order valence-electron chi connectivity index (χ4n) is 1.50. The van der Waals surface area contributed by atoms with Crippen molar-refractivity contribution >= 4 is 21.8 Å². The van der Waals surface area contributed by atoms with Crippen molar-refractivity contribution < 1.29 is 23.1 Å². The number of hydrogen-bond acceptors (Lipinski definition) is 6. The highest BCUT2D eigenvalue weighted by molar-refractivity contribution is 7.89. The van der Waals surface area contributed by atoms with Crippen molar-refractivity contribution in [2.45, 2.75) is 17.4 Å². The molecule has 8 nitrogen and oxygen atoms in total. The zero-order chi connectivity index (χ0) is 16.0. The zero-order valence-corrected chi connectivity index (χ0v) is 12.9. The molecule has 0 saturated carbocycles. The molecule has 0 aliphatic rings. The molecule has 1 rings (SSSR count). The van der Waals surface area contributed by atoms with Gasteiger partial charge in [-0.3, -0.25) is 0 Å². The number of carboxylic acid groups (broad SMARTS) is 1. The molecule has 0 amide bonds. The number of anilines is 1. The second-order valence-corrected chi connectivity index (χ2v) is 6.64. The van der Waals surface area contributed by atoms with E-state index >= 15 is 0 Å². The Morgan fingerprint density at radius 2 is 2.14 bits per heavy atom. The van der Waals surface area contributed by atoms with Crippen LogP contribution in [0.1, 0.15) is 6.42 Å². The van der Waals surface area contributed by atoms with Gasteiger partial charge in [0.1, 0.15) is 16.8 Å². The molecule has 0 fully saturated rings. The predicted molar refractivity (Wildman–Crippen MR) is 76.6 cm³/mol. The lowest BCUT2D eigenvalue weighted by Gasteiger charge is -2.15. The maximum atomic E-state index is 11.9. The van der Waals surface area contributed by atoms with Crippen LogP contribution in [0, 0.1) is 0 Å². The summed E-state index contributed by atoms with van der Waals surface area (Å²) < 4.78 is 29.7. The van der Waals surface area contributed by atoms with Gasteiger partial charge >= 0.3 is 5.97 Å². The van der Waals surface area contributed by atoms with Crippen molar-refractivity contribution in [2.24, 2.45) is 0 Å². The average molecular weight is 317 g/mol. The van der Waals surface area contributed by atoms with E-state index in [0.29, 0.717) is 0 Å². The monoisotopic (exact) mass is 317 g/mol. The number of hydrogen-bond donors (Lipinski definition) is 2. The van der Waals surface area contributed by atoms with Crippen LogP contribution in [-0.2, 0) is 19.6 Å². The number of methoxy groups -OCH3 is 1. The third-order valence-electron chi connectivity index (χ3n) is 2.75. The Labute approximate surface area is 123 Å². The number of nitrogens with one attached hydrogen (secondary N) is 1. The first-order chi connectivity index (χ1) is 9.78. The third-order valence-corrected chi connectivity index (χ3v) is 4.54. The number of aromatic nitrogens is 1. The second kappa shape index (κ2) is 7.34. The van der Waals surface area contributed by atoms with E-state index in [1.54, 1.807) is 0 Å². The van der Waals surface area contributed by atoms with Crippen LogP contribution in [0.3, 0.4) is 0 Å². The van der Waals surface area contributed by atoms with Gasteiger partial charge in [-0.05, 0) is 12.1 Å². The van der Waals surface area contributed by atoms with E-state index in [0.717, 1.165) is 4.31 Å². The Morgan fingerprint density at radius 1 is 1.48 bits per heavy atom. The molecular weight excluding hydrogens is 298 g/mol. The van der Waals surface area contributed by atoms with E-state index in [-0.39, 0.29) is 23.7 Å². The maximum Gasteiger partial charge on any atom is 0.326 e. The topological polar surface area (TPSA) is 109 Å². The number of aliphatic carboxylic acids is 1. The first kappa shape index (κ1) is 17.3. The quantitative estimate of drug-likeness (QED) is 0.706. The molecule has 1 heterocycles. The third kappa shape index (κ3) is 4.66. The molecule has 0 aromatic carbocycles. The van der Waals surface area contributed by atoms with Crippen molar-refractivity contribution in [1.29, 1.82) is 0 Å². The summed E-state index contributed by atoms with van der Waals surface area (Å²) in [6.45, 7) is 0.289. The summed E-state index contributed by atoms with van der Waals surface area (Å²) in [4.78, 5) is 15.1. The normalized spacial score (nSPS) is 13.1. The van der Waals surface area contributed by atoms with Crippen molar-refractivity contribution in [3.8, 4) is 0 Å². The molecule has 0 saturated heterocycles. The van der Waals surface area contributed by atoms with E-state index in [1.165, 1.54) is 39.5 Å². The minimum absolute atomic E-state index is 0.0433. The van der Waals surface area contributed by atoms with E-state index < -0.39 is 22.0 Å². The summed E-state index contributed by atoms with van der Waals surface area (Å²) in [6.07, 6.45) is 1.46. The van der Waals surface area contributed by atoms with Gasteiger partial charge < -0.3 is 15.2 Å². The van der Waals surface area contributed by atoms with Crippen molar-refractivity contribution in [3.05, 3.63) is 18.3 Å². The average Bonchev–Trinajstić information content (AvgIpc) is 2.43. The molecule has 0 aliphatic heterocycles. The number of rotatable bonds is 8. The molecular formula is C12H19N3O5S. The fourth-order valence-corrected chi connectivity index (χ4v) is 2.35. The lowest BCUT2D eigenvalue weighted by atomic mass is 10.2. The first-order valence-electron chi connectivity index (χ1n) is 6.16. The van der Waals surface area contributed by atoms with Gasteiger partial charge in [-0.15, -0.1) is 0 Å². The van der Waals surface area contributed by atoms with E-state index in [9.17, 15) is 13.2 Å². The molecule has 9 heteroatoms. The Bertz CT molecular complexity index is 571. The molecule has 2 N–H and O–H groups in total. The molecule has 0 radical (unpaired) electrons. The van der Waals surface area contributed by atoms with Gasteiger partial charge in [0.2, 0.25) is 10.0 Å². The molecule has 21 heavy (non-hydrogen) atoms. The van der Waals surface area contributed by atoms with E-state index in [4.69, 9.17) is 9.84 Å². The smallest absolute Gasteiger partial charge is 0.326 e. The molecule has 0 bridgehead atoms. The minimum atomic E-state index is -3.55. The van der Waals surface area contributed by atoms with Crippen LogP contribution < -0.4 is 5.32 Å². The van der Waals surface area contributed by atoms with Crippen LogP contribution in [0.4, 0.5) is 5.82 Å². The number of carboxylic acids is 1. The largest absolute Gasteiger partial charge is 0.480 e. The molecule has 1 aromatic heterocycles. The number of pyridine rings is 1. The molecule has 118 valence electrons. The van der Waals surface area contributed by atoms with Crippen LogP contribution in [0.25, 0.3) is 0 Å². The standard InChI is InChI=1S/C12H19N3O5S/c1-15(2)21(18,19)9-4-5-11(13-8-9)14-10(12(16)17)6-7-20-3/h4-5,8,10H,6-7H2,1-3H3,(H,13,14)(H,16,17). The van der Waals surface area contributed by atoms with E-state index in [1.807, 2.05) is 0 Å². The van der Waals surface area contributed by atoms with Crippen LogP contribution in [0.2, 0.25) is 0 Å². The lowest BCUT2D eigenvalue weighted by Crippen LogP contribution is -2.31. The van der Waals surface area contributed by atoms with Gasteiger partial charge in [-0.25, -0.2) is 22.5 Å². The van der Waals surface area contributed by atoms with Crippen LogP contribution in [-0.4, -0.2) is 62.6 Å². The predicted octanol–water partition coefficient (Wildman–Crippen LogP) is 0.234. The van der Waals surface area contributed by atoms with Crippen LogP contribution >= 0.6 is 0 Å². The van der Waals surface area contributed by atoms with Gasteiger partial charge in [0.05, 0.1) is 0 Å². The lowest BCUT2D eigenvalue weighted by molar-refractivity contribution is -0.138. The first-order valence-corrected chi connectivity index (χ1v) is 7.60. The summed E-state index contributed by atoms with van der Waals surface area (Å²) in [6, 6.07) is 1.95.